The third-order valence-electron chi connectivity index (χ3n) is 4.34. The molecule has 1 aromatic heterocycles. The number of nitrogens with zero attached hydrogens (tertiary/aromatic N) is 4. The molecule has 10 heteroatoms. The Kier molecular flexibility index (Phi) is 9.27. The van der Waals surface area contributed by atoms with Gasteiger partial charge in [0.2, 0.25) is 5.16 Å². The smallest absolute Gasteiger partial charge is 0.209 e. The molecule has 0 atom stereocenters. The quantitative estimate of drug-likeness (QED) is 0.295. The molecule has 0 aliphatic carbocycles. The average Bonchev–Trinajstić information content (AvgIpc) is 3.16. The van der Waals surface area contributed by atoms with Crippen LogP contribution >= 0.6 is 35.0 Å². The third-order valence-corrected chi connectivity index (χ3v) is 6.08. The fraction of sp³-hybridized carbons (Fsp3) is 0.381. The molecule has 0 unspecified atom stereocenters. The highest BCUT2D eigenvalue weighted by Crippen LogP contribution is 2.37. The maximum absolute atomic E-state index is 6.52. The van der Waals surface area contributed by atoms with Crippen LogP contribution in [0.3, 0.4) is 0 Å². The number of nitrogens with one attached hydrogen (secondary N) is 1. The average molecular weight is 482 g/mol. The molecule has 7 nitrogen and oxygen atoms in total. The summed E-state index contributed by atoms with van der Waals surface area (Å²) in [6.45, 7) is 4.31. The summed E-state index contributed by atoms with van der Waals surface area (Å²) in [5.41, 5.74) is 1.92. The minimum atomic E-state index is 0.315. The lowest BCUT2D eigenvalue weighted by atomic mass is 10.2. The van der Waals surface area contributed by atoms with Gasteiger partial charge in [-0.2, -0.15) is 0 Å². The predicted molar refractivity (Wildman–Crippen MR) is 124 cm³/mol. The zero-order chi connectivity index (χ0) is 22.1. The zero-order valence-corrected chi connectivity index (χ0v) is 19.8. The van der Waals surface area contributed by atoms with Crippen LogP contribution in [0.5, 0.6) is 11.5 Å². The number of halogens is 2. The topological polar surface area (TPSA) is 74.1 Å². The van der Waals surface area contributed by atoms with Crippen LogP contribution in [0, 0.1) is 0 Å². The first kappa shape index (κ1) is 23.7. The lowest BCUT2D eigenvalue weighted by Crippen LogP contribution is -2.15. The van der Waals surface area contributed by atoms with E-state index in [-0.39, 0.29) is 0 Å². The molecule has 2 aromatic carbocycles. The number of benzene rings is 2. The molecule has 0 saturated heterocycles. The van der Waals surface area contributed by atoms with Gasteiger partial charge in [0.15, 0.2) is 11.5 Å². The Morgan fingerprint density at radius 2 is 1.97 bits per heavy atom. The molecule has 1 N–H and O–H groups in total. The number of rotatable bonds is 12. The van der Waals surface area contributed by atoms with Crippen LogP contribution in [0.25, 0.3) is 0 Å². The fourth-order valence-corrected chi connectivity index (χ4v) is 4.10. The van der Waals surface area contributed by atoms with Crippen LogP contribution in [0.2, 0.25) is 10.0 Å². The van der Waals surface area contributed by atoms with Gasteiger partial charge in [0.25, 0.3) is 0 Å². The Morgan fingerprint density at radius 3 is 2.71 bits per heavy atom. The Bertz CT molecular complexity index is 986. The fourth-order valence-electron chi connectivity index (χ4n) is 2.83. The van der Waals surface area contributed by atoms with Crippen molar-refractivity contribution in [1.29, 1.82) is 0 Å². The summed E-state index contributed by atoms with van der Waals surface area (Å²) < 4.78 is 13.4. The highest BCUT2D eigenvalue weighted by molar-refractivity contribution is 7.99. The number of aromatic nitrogens is 4. The van der Waals surface area contributed by atoms with Gasteiger partial charge in [-0.3, -0.25) is 0 Å². The van der Waals surface area contributed by atoms with Crippen LogP contribution in [0.1, 0.15) is 24.5 Å². The molecule has 3 aromatic rings. The van der Waals surface area contributed by atoms with Gasteiger partial charge in [-0.25, -0.2) is 4.68 Å². The van der Waals surface area contributed by atoms with Crippen molar-refractivity contribution in [2.45, 2.75) is 31.7 Å². The van der Waals surface area contributed by atoms with E-state index < -0.39 is 0 Å². The number of thioether (sulfide) groups is 1. The van der Waals surface area contributed by atoms with Crippen molar-refractivity contribution in [3.8, 4) is 11.5 Å². The molecule has 0 radical (unpaired) electrons. The second-order valence-electron chi connectivity index (χ2n) is 6.68. The van der Waals surface area contributed by atoms with E-state index in [0.717, 1.165) is 35.0 Å². The van der Waals surface area contributed by atoms with Gasteiger partial charge in [-0.05, 0) is 54.1 Å². The van der Waals surface area contributed by atoms with Crippen LogP contribution in [-0.2, 0) is 20.2 Å². The summed E-state index contributed by atoms with van der Waals surface area (Å²) in [6.07, 6.45) is 0.989. The Hall–Kier alpha value is -2.00. The highest BCUT2D eigenvalue weighted by Gasteiger charge is 2.14. The molecule has 0 saturated carbocycles. The van der Waals surface area contributed by atoms with Crippen LogP contribution in [-0.4, -0.2) is 39.1 Å². The van der Waals surface area contributed by atoms with Crippen LogP contribution in [0.15, 0.2) is 41.6 Å². The van der Waals surface area contributed by atoms with E-state index in [4.69, 9.17) is 32.7 Å². The molecule has 0 spiro atoms. The first-order chi connectivity index (χ1) is 15.1. The van der Waals surface area contributed by atoms with Crippen molar-refractivity contribution in [3.05, 3.63) is 57.6 Å². The Morgan fingerprint density at radius 1 is 1.13 bits per heavy atom. The van der Waals surface area contributed by atoms with Gasteiger partial charge < -0.3 is 14.8 Å². The number of aryl methyl sites for hydroxylation is 1. The Balaban J connectivity index is 1.52. The van der Waals surface area contributed by atoms with Crippen molar-refractivity contribution in [1.82, 2.24) is 25.5 Å². The molecule has 0 aliphatic rings. The lowest BCUT2D eigenvalue weighted by molar-refractivity contribution is 0.269. The van der Waals surface area contributed by atoms with Gasteiger partial charge in [0.05, 0.1) is 11.6 Å². The summed E-state index contributed by atoms with van der Waals surface area (Å²) in [6, 6.07) is 11.4. The van der Waals surface area contributed by atoms with Gasteiger partial charge in [-0.1, -0.05) is 53.2 Å². The normalized spacial score (nSPS) is 11.0. The van der Waals surface area contributed by atoms with Crippen molar-refractivity contribution >= 4 is 35.0 Å². The van der Waals surface area contributed by atoms with Gasteiger partial charge in [0, 0.05) is 29.9 Å². The zero-order valence-electron chi connectivity index (χ0n) is 17.5. The third kappa shape index (κ3) is 7.00. The van der Waals surface area contributed by atoms with E-state index in [1.165, 1.54) is 0 Å². The molecule has 3 rings (SSSR count). The standard InChI is InChI=1S/C21H25Cl2N5O2S/c1-3-29-19-12-15(13-24-9-6-10-31-21-25-26-27-28(21)2)11-18(23)20(19)30-14-16-7-4-5-8-17(16)22/h4-5,7-8,11-12,24H,3,6,9-10,13-14H2,1-2H3. The monoisotopic (exact) mass is 481 g/mol. The maximum Gasteiger partial charge on any atom is 0.209 e. The number of ether oxygens (including phenoxy) is 2. The van der Waals surface area contributed by atoms with E-state index in [0.29, 0.717) is 41.3 Å². The van der Waals surface area contributed by atoms with Crippen molar-refractivity contribution in [3.63, 3.8) is 0 Å². The first-order valence-corrected chi connectivity index (χ1v) is 11.7. The molecule has 0 fully saturated rings. The van der Waals surface area contributed by atoms with E-state index in [2.05, 4.69) is 20.8 Å². The van der Waals surface area contributed by atoms with Gasteiger partial charge in [0.1, 0.15) is 6.61 Å². The summed E-state index contributed by atoms with van der Waals surface area (Å²) in [7, 11) is 1.84. The minimum Gasteiger partial charge on any atom is -0.490 e. The largest absolute Gasteiger partial charge is 0.490 e. The minimum absolute atomic E-state index is 0.315. The SMILES string of the molecule is CCOc1cc(CNCCCSc2nnnn2C)cc(Cl)c1OCc1ccccc1Cl. The van der Waals surface area contributed by atoms with Crippen LogP contribution < -0.4 is 14.8 Å². The molecule has 31 heavy (non-hydrogen) atoms. The molecule has 166 valence electrons. The molecule has 0 aliphatic heterocycles. The Labute approximate surface area is 196 Å². The van der Waals surface area contributed by atoms with Gasteiger partial charge >= 0.3 is 0 Å². The lowest BCUT2D eigenvalue weighted by Gasteiger charge is -2.16. The van der Waals surface area contributed by atoms with Crippen molar-refractivity contribution < 1.29 is 9.47 Å². The number of hydrogen-bond acceptors (Lipinski definition) is 7. The van der Waals surface area contributed by atoms with Gasteiger partial charge in [-0.15, -0.1) is 5.10 Å². The second-order valence-corrected chi connectivity index (χ2v) is 8.56. The van der Waals surface area contributed by atoms with Crippen molar-refractivity contribution in [2.24, 2.45) is 7.05 Å². The second kappa shape index (κ2) is 12.1. The van der Waals surface area contributed by atoms with E-state index >= 15 is 0 Å². The summed E-state index contributed by atoms with van der Waals surface area (Å²) in [5.74, 6) is 2.09. The number of hydrogen-bond donors (Lipinski definition) is 1. The maximum atomic E-state index is 6.52. The van der Waals surface area contributed by atoms with E-state index in [1.807, 2.05) is 50.4 Å². The molecule has 0 amide bonds. The molecular formula is C21H25Cl2N5O2S. The summed E-state index contributed by atoms with van der Waals surface area (Å²) in [5, 5.41) is 16.8. The van der Waals surface area contributed by atoms with E-state index in [9.17, 15) is 0 Å². The molecular weight excluding hydrogens is 457 g/mol. The first-order valence-electron chi connectivity index (χ1n) is 9.95. The van der Waals surface area contributed by atoms with Crippen molar-refractivity contribution in [2.75, 3.05) is 18.9 Å². The highest BCUT2D eigenvalue weighted by atomic mass is 35.5. The number of tetrazole rings is 1. The summed E-state index contributed by atoms with van der Waals surface area (Å²) >= 11 is 14.4. The summed E-state index contributed by atoms with van der Waals surface area (Å²) in [4.78, 5) is 0. The molecule has 0 bridgehead atoms. The molecule has 1 heterocycles. The predicted octanol–water partition coefficient (Wildman–Crippen LogP) is 4.77. The van der Waals surface area contributed by atoms with E-state index in [1.54, 1.807) is 16.4 Å². The van der Waals surface area contributed by atoms with Crippen LogP contribution in [0.4, 0.5) is 0 Å².